The Hall–Kier alpha value is -3.71. The van der Waals surface area contributed by atoms with E-state index in [9.17, 15) is 0 Å². The van der Waals surface area contributed by atoms with Gasteiger partial charge in [-0.25, -0.2) is 4.98 Å². The Morgan fingerprint density at radius 2 is 1.77 bits per heavy atom. The number of anilines is 1. The van der Waals surface area contributed by atoms with Crippen LogP contribution in [0.3, 0.4) is 0 Å². The van der Waals surface area contributed by atoms with Crippen molar-refractivity contribution in [1.82, 2.24) is 30.0 Å². The molecule has 7 nitrogen and oxygen atoms in total. The number of aromatic nitrogens is 5. The maximum atomic E-state index is 4.72. The van der Waals surface area contributed by atoms with Crippen LogP contribution in [0.25, 0.3) is 44.3 Å². The van der Waals surface area contributed by atoms with E-state index in [1.165, 1.54) is 0 Å². The van der Waals surface area contributed by atoms with Crippen LogP contribution in [0.4, 0.5) is 5.82 Å². The van der Waals surface area contributed by atoms with Gasteiger partial charge in [-0.15, -0.1) is 0 Å². The summed E-state index contributed by atoms with van der Waals surface area (Å²) in [4.78, 5) is 17.3. The molecule has 0 bridgehead atoms. The van der Waals surface area contributed by atoms with Crippen molar-refractivity contribution < 1.29 is 0 Å². The third-order valence-corrected chi connectivity index (χ3v) is 6.14. The molecular formula is C24H23N7. The van der Waals surface area contributed by atoms with Gasteiger partial charge in [0.25, 0.3) is 0 Å². The number of hydrogen-bond donors (Lipinski definition) is 2. The van der Waals surface area contributed by atoms with Crippen molar-refractivity contribution in [2.45, 2.75) is 0 Å². The molecule has 1 aromatic carbocycles. The lowest BCUT2D eigenvalue weighted by Crippen LogP contribution is -2.44. The first kappa shape index (κ1) is 18.1. The number of pyridine rings is 2. The topological polar surface area (TPSA) is 76.7 Å². The second-order valence-electron chi connectivity index (χ2n) is 8.14. The molecule has 1 saturated heterocycles. The number of nitrogens with zero attached hydrogens (tertiary/aromatic N) is 5. The molecule has 31 heavy (non-hydrogen) atoms. The first-order valence-electron chi connectivity index (χ1n) is 10.6. The molecule has 154 valence electrons. The standard InChI is InChI=1S/C24H23N7/c1-30-9-11-31(12-10-30)24-19-14-22(27-20(19)6-8-26-24)23-18-13-16(4-5-21(18)28-29-23)17-3-2-7-25-15-17/h2-8,13-15,27H,9-12H2,1H3,(H,28,29). The van der Waals surface area contributed by atoms with Gasteiger partial charge in [-0.1, -0.05) is 12.1 Å². The maximum absolute atomic E-state index is 4.72. The van der Waals surface area contributed by atoms with Crippen LogP contribution < -0.4 is 4.90 Å². The summed E-state index contributed by atoms with van der Waals surface area (Å²) in [6.45, 7) is 4.08. The Bertz CT molecular complexity index is 1360. The molecule has 4 aromatic heterocycles. The normalized spacial score (nSPS) is 15.2. The van der Waals surface area contributed by atoms with Crippen molar-refractivity contribution in [2.24, 2.45) is 0 Å². The number of piperazine rings is 1. The van der Waals surface area contributed by atoms with Crippen molar-refractivity contribution in [3.8, 4) is 22.5 Å². The van der Waals surface area contributed by atoms with E-state index in [1.54, 1.807) is 6.20 Å². The molecule has 0 unspecified atom stereocenters. The van der Waals surface area contributed by atoms with Gasteiger partial charge in [-0.05, 0) is 42.9 Å². The van der Waals surface area contributed by atoms with Gasteiger partial charge in [0.2, 0.25) is 0 Å². The molecule has 5 aromatic rings. The predicted molar refractivity (Wildman–Crippen MR) is 124 cm³/mol. The average Bonchev–Trinajstić information content (AvgIpc) is 3.43. The summed E-state index contributed by atoms with van der Waals surface area (Å²) in [5, 5.41) is 10.0. The van der Waals surface area contributed by atoms with E-state index in [0.717, 1.165) is 76.3 Å². The zero-order valence-corrected chi connectivity index (χ0v) is 17.3. The van der Waals surface area contributed by atoms with Gasteiger partial charge in [-0.3, -0.25) is 10.1 Å². The van der Waals surface area contributed by atoms with Crippen LogP contribution in [0.2, 0.25) is 0 Å². The van der Waals surface area contributed by atoms with Gasteiger partial charge >= 0.3 is 0 Å². The van der Waals surface area contributed by atoms with Gasteiger partial charge in [-0.2, -0.15) is 5.10 Å². The number of H-pyrrole nitrogens is 2. The lowest BCUT2D eigenvalue weighted by Gasteiger charge is -2.33. The molecule has 1 aliphatic heterocycles. The summed E-state index contributed by atoms with van der Waals surface area (Å²) in [7, 11) is 2.17. The van der Waals surface area contributed by atoms with Gasteiger partial charge in [0.1, 0.15) is 11.5 Å². The Kier molecular flexibility index (Phi) is 4.21. The lowest BCUT2D eigenvalue weighted by atomic mass is 10.0. The summed E-state index contributed by atoms with van der Waals surface area (Å²) in [6, 6.07) is 14.6. The number of nitrogens with one attached hydrogen (secondary N) is 2. The molecule has 0 spiro atoms. The van der Waals surface area contributed by atoms with Crippen molar-refractivity contribution in [2.75, 3.05) is 38.1 Å². The number of rotatable bonds is 3. The molecule has 7 heteroatoms. The molecule has 2 N–H and O–H groups in total. The minimum atomic E-state index is 0.918. The van der Waals surface area contributed by atoms with Gasteiger partial charge in [0, 0.05) is 61.1 Å². The van der Waals surface area contributed by atoms with Gasteiger partial charge < -0.3 is 14.8 Å². The largest absolute Gasteiger partial charge is 0.353 e. The first-order valence-corrected chi connectivity index (χ1v) is 10.6. The summed E-state index contributed by atoms with van der Waals surface area (Å²) in [5.41, 5.74) is 6.22. The first-order chi connectivity index (χ1) is 15.3. The van der Waals surface area contributed by atoms with E-state index in [-0.39, 0.29) is 0 Å². The predicted octanol–water partition coefficient (Wildman–Crippen LogP) is 3.92. The SMILES string of the molecule is CN1CCN(c2nccc3[nH]c(-c4n[nH]c5ccc(-c6cccnc6)cc45)cc23)CC1. The van der Waals surface area contributed by atoms with Gasteiger partial charge in [0.15, 0.2) is 0 Å². The van der Waals surface area contributed by atoms with Crippen LogP contribution in [0, 0.1) is 0 Å². The zero-order valence-electron chi connectivity index (χ0n) is 17.3. The Morgan fingerprint density at radius 1 is 0.871 bits per heavy atom. The van der Waals surface area contributed by atoms with E-state index in [4.69, 9.17) is 4.98 Å². The molecule has 0 atom stereocenters. The zero-order chi connectivity index (χ0) is 20.8. The summed E-state index contributed by atoms with van der Waals surface area (Å²) < 4.78 is 0. The molecule has 0 amide bonds. The van der Waals surface area contributed by atoms with Crippen LogP contribution in [-0.2, 0) is 0 Å². The summed E-state index contributed by atoms with van der Waals surface area (Å²) in [6.07, 6.45) is 5.57. The Balaban J connectivity index is 1.44. The monoisotopic (exact) mass is 409 g/mol. The van der Waals surface area contributed by atoms with Crippen LogP contribution in [-0.4, -0.2) is 63.3 Å². The highest BCUT2D eigenvalue weighted by molar-refractivity contribution is 6.00. The molecule has 0 radical (unpaired) electrons. The smallest absolute Gasteiger partial charge is 0.138 e. The minimum Gasteiger partial charge on any atom is -0.353 e. The second kappa shape index (κ2) is 7.21. The van der Waals surface area contributed by atoms with E-state index < -0.39 is 0 Å². The van der Waals surface area contributed by atoms with E-state index in [1.807, 2.05) is 24.5 Å². The highest BCUT2D eigenvalue weighted by Gasteiger charge is 2.20. The van der Waals surface area contributed by atoms with Crippen LogP contribution in [0.15, 0.2) is 61.1 Å². The number of benzene rings is 1. The molecular weight excluding hydrogens is 386 g/mol. The number of fused-ring (bicyclic) bond motifs is 2. The lowest BCUT2D eigenvalue weighted by molar-refractivity contribution is 0.312. The third-order valence-electron chi connectivity index (χ3n) is 6.14. The number of aromatic amines is 2. The summed E-state index contributed by atoms with van der Waals surface area (Å²) >= 11 is 0. The fourth-order valence-corrected chi connectivity index (χ4v) is 4.37. The van der Waals surface area contributed by atoms with Crippen molar-refractivity contribution in [1.29, 1.82) is 0 Å². The summed E-state index contributed by atoms with van der Waals surface area (Å²) in [5.74, 6) is 1.05. The quantitative estimate of drug-likeness (QED) is 0.472. The van der Waals surface area contributed by atoms with Crippen LogP contribution in [0.5, 0.6) is 0 Å². The highest BCUT2D eigenvalue weighted by Crippen LogP contribution is 2.34. The molecule has 1 fully saturated rings. The van der Waals surface area contributed by atoms with Crippen molar-refractivity contribution in [3.05, 3.63) is 61.1 Å². The van der Waals surface area contributed by atoms with Gasteiger partial charge in [0.05, 0.1) is 16.7 Å². The van der Waals surface area contributed by atoms with E-state index in [0.29, 0.717) is 0 Å². The fourth-order valence-electron chi connectivity index (χ4n) is 4.37. The molecule has 0 aliphatic carbocycles. The van der Waals surface area contributed by atoms with E-state index >= 15 is 0 Å². The van der Waals surface area contributed by atoms with Crippen molar-refractivity contribution in [3.63, 3.8) is 0 Å². The van der Waals surface area contributed by atoms with Crippen LogP contribution in [0.1, 0.15) is 0 Å². The minimum absolute atomic E-state index is 0.918. The fraction of sp³-hybridized carbons (Fsp3) is 0.208. The number of likely N-dealkylation sites (N-methyl/N-ethyl adjacent to an activating group) is 1. The molecule has 5 heterocycles. The maximum Gasteiger partial charge on any atom is 0.138 e. The van der Waals surface area contributed by atoms with Crippen molar-refractivity contribution >= 4 is 27.6 Å². The molecule has 0 saturated carbocycles. The Labute approximate surface area is 179 Å². The third kappa shape index (κ3) is 3.14. The molecule has 6 rings (SSSR count). The highest BCUT2D eigenvalue weighted by atomic mass is 15.3. The Morgan fingerprint density at radius 3 is 2.61 bits per heavy atom. The number of hydrogen-bond acceptors (Lipinski definition) is 5. The van der Waals surface area contributed by atoms with Crippen LogP contribution >= 0.6 is 0 Å². The second-order valence-corrected chi connectivity index (χ2v) is 8.14. The average molecular weight is 409 g/mol. The molecule has 1 aliphatic rings. The van der Waals surface area contributed by atoms with E-state index in [2.05, 4.69) is 67.3 Å².